The molecule has 2 N–H and O–H groups in total. The van der Waals surface area contributed by atoms with Crippen LogP contribution in [0.25, 0.3) is 0 Å². The minimum atomic E-state index is -4.56. The number of hydrogen-bond acceptors (Lipinski definition) is 6. The van der Waals surface area contributed by atoms with Crippen molar-refractivity contribution in [1.29, 1.82) is 0 Å². The molecular formula is C20H26F3N3O6. The number of alkyl halides is 3. The van der Waals surface area contributed by atoms with Crippen molar-refractivity contribution in [3.8, 4) is 0 Å². The van der Waals surface area contributed by atoms with Crippen molar-refractivity contribution in [1.82, 2.24) is 14.8 Å². The van der Waals surface area contributed by atoms with Gasteiger partial charge in [0.25, 0.3) is 18.9 Å². The highest BCUT2D eigenvalue weighted by atomic mass is 19.4. The SMILES string of the molecule is O=C(c1ccnc(C(F)(F)F)c1)N1C[C@@H]2CN(CC3CC3)CCO[C@@H]2C1.O=CO.O=CO. The summed E-state index contributed by atoms with van der Waals surface area (Å²) in [4.78, 5) is 36.8. The molecular weight excluding hydrogens is 435 g/mol. The van der Waals surface area contributed by atoms with Gasteiger partial charge in [0.05, 0.1) is 12.7 Å². The average Bonchev–Trinajstić information content (AvgIpc) is 3.50. The van der Waals surface area contributed by atoms with E-state index in [4.69, 9.17) is 24.5 Å². The van der Waals surface area contributed by atoms with E-state index >= 15 is 0 Å². The highest BCUT2D eigenvalue weighted by Gasteiger charge is 2.40. The molecule has 4 rings (SSSR count). The maximum atomic E-state index is 12.8. The van der Waals surface area contributed by atoms with Crippen molar-refractivity contribution in [2.24, 2.45) is 11.8 Å². The fourth-order valence-electron chi connectivity index (χ4n) is 3.86. The Morgan fingerprint density at radius 2 is 1.84 bits per heavy atom. The quantitative estimate of drug-likeness (QED) is 0.653. The Bertz CT molecular complexity index is 769. The molecule has 2 saturated heterocycles. The average molecular weight is 461 g/mol. The van der Waals surface area contributed by atoms with Gasteiger partial charge in [0.15, 0.2) is 0 Å². The van der Waals surface area contributed by atoms with Gasteiger partial charge in [-0.2, -0.15) is 13.2 Å². The number of fused-ring (bicyclic) bond motifs is 1. The van der Waals surface area contributed by atoms with Crippen LogP contribution in [0, 0.1) is 11.8 Å². The predicted molar refractivity (Wildman–Crippen MR) is 105 cm³/mol. The van der Waals surface area contributed by atoms with Crippen LogP contribution in [0.2, 0.25) is 0 Å². The highest BCUT2D eigenvalue weighted by Crippen LogP contribution is 2.32. The summed E-state index contributed by atoms with van der Waals surface area (Å²) in [6.07, 6.45) is -0.969. The van der Waals surface area contributed by atoms with Crippen LogP contribution in [0.1, 0.15) is 28.9 Å². The first-order valence-corrected chi connectivity index (χ1v) is 10.1. The minimum absolute atomic E-state index is 0.0265. The zero-order valence-corrected chi connectivity index (χ0v) is 17.3. The summed E-state index contributed by atoms with van der Waals surface area (Å²) < 4.78 is 44.4. The van der Waals surface area contributed by atoms with Gasteiger partial charge in [-0.1, -0.05) is 0 Å². The molecule has 1 aromatic rings. The van der Waals surface area contributed by atoms with Gasteiger partial charge in [0, 0.05) is 50.4 Å². The Kier molecular flexibility index (Phi) is 9.39. The van der Waals surface area contributed by atoms with E-state index in [0.29, 0.717) is 19.7 Å². The largest absolute Gasteiger partial charge is 0.483 e. The molecule has 0 aromatic carbocycles. The zero-order valence-electron chi connectivity index (χ0n) is 17.3. The van der Waals surface area contributed by atoms with Crippen LogP contribution in [0.15, 0.2) is 18.3 Å². The van der Waals surface area contributed by atoms with Gasteiger partial charge in [-0.05, 0) is 30.9 Å². The van der Waals surface area contributed by atoms with Crippen molar-refractivity contribution >= 4 is 18.9 Å². The second-order valence-corrected chi connectivity index (χ2v) is 7.72. The summed E-state index contributed by atoms with van der Waals surface area (Å²) in [5, 5.41) is 13.8. The van der Waals surface area contributed by atoms with Crippen LogP contribution in [0.4, 0.5) is 13.2 Å². The molecule has 178 valence electrons. The molecule has 3 heterocycles. The molecule has 0 unspecified atom stereocenters. The first-order chi connectivity index (χ1) is 15.2. The first kappa shape index (κ1) is 25.5. The van der Waals surface area contributed by atoms with E-state index in [-0.39, 0.29) is 36.4 Å². The lowest BCUT2D eigenvalue weighted by atomic mass is 10.1. The Morgan fingerprint density at radius 3 is 2.44 bits per heavy atom. The van der Waals surface area contributed by atoms with E-state index in [1.165, 1.54) is 18.9 Å². The minimum Gasteiger partial charge on any atom is -0.483 e. The van der Waals surface area contributed by atoms with E-state index in [2.05, 4.69) is 9.88 Å². The van der Waals surface area contributed by atoms with Crippen molar-refractivity contribution in [3.05, 3.63) is 29.6 Å². The number of carbonyl (C=O) groups excluding carboxylic acids is 1. The Hall–Kier alpha value is -2.73. The van der Waals surface area contributed by atoms with Crippen LogP contribution in [-0.2, 0) is 20.5 Å². The van der Waals surface area contributed by atoms with Gasteiger partial charge in [0.1, 0.15) is 5.69 Å². The number of nitrogens with zero attached hydrogens (tertiary/aromatic N) is 3. The molecule has 1 amide bonds. The number of aromatic nitrogens is 1. The lowest BCUT2D eigenvalue weighted by Gasteiger charge is -2.23. The molecule has 1 aromatic heterocycles. The molecule has 3 fully saturated rings. The summed E-state index contributed by atoms with van der Waals surface area (Å²) in [7, 11) is 0. The van der Waals surface area contributed by atoms with E-state index in [9.17, 15) is 18.0 Å². The molecule has 1 aliphatic carbocycles. The van der Waals surface area contributed by atoms with Crippen LogP contribution < -0.4 is 0 Å². The fraction of sp³-hybridized carbons (Fsp3) is 0.600. The predicted octanol–water partition coefficient (Wildman–Crippen LogP) is 1.68. The Balaban J connectivity index is 0.000000547. The van der Waals surface area contributed by atoms with Crippen LogP contribution in [0.3, 0.4) is 0 Å². The highest BCUT2D eigenvalue weighted by molar-refractivity contribution is 5.94. The van der Waals surface area contributed by atoms with Crippen molar-refractivity contribution in [2.45, 2.75) is 25.1 Å². The molecule has 0 radical (unpaired) electrons. The third-order valence-corrected chi connectivity index (χ3v) is 5.41. The molecule has 9 nitrogen and oxygen atoms in total. The van der Waals surface area contributed by atoms with E-state index in [1.54, 1.807) is 4.90 Å². The van der Waals surface area contributed by atoms with Gasteiger partial charge < -0.3 is 24.7 Å². The molecule has 1 saturated carbocycles. The topological polar surface area (TPSA) is 120 Å². The lowest BCUT2D eigenvalue weighted by molar-refractivity contribution is -0.141. The number of pyridine rings is 1. The maximum absolute atomic E-state index is 12.8. The van der Waals surface area contributed by atoms with Gasteiger partial charge >= 0.3 is 6.18 Å². The number of carbonyl (C=O) groups is 3. The Labute approximate surface area is 182 Å². The van der Waals surface area contributed by atoms with Crippen LogP contribution >= 0.6 is 0 Å². The molecule has 3 aliphatic rings. The maximum Gasteiger partial charge on any atom is 0.433 e. The van der Waals surface area contributed by atoms with Crippen molar-refractivity contribution in [3.63, 3.8) is 0 Å². The first-order valence-electron chi connectivity index (χ1n) is 10.1. The summed E-state index contributed by atoms with van der Waals surface area (Å²) in [6, 6.07) is 2.17. The number of halogens is 3. The monoisotopic (exact) mass is 461 g/mol. The summed E-state index contributed by atoms with van der Waals surface area (Å²) >= 11 is 0. The van der Waals surface area contributed by atoms with E-state index in [0.717, 1.165) is 37.8 Å². The summed E-state index contributed by atoms with van der Waals surface area (Å²) in [5.41, 5.74) is -1.01. The van der Waals surface area contributed by atoms with E-state index < -0.39 is 11.9 Å². The second-order valence-electron chi connectivity index (χ2n) is 7.72. The van der Waals surface area contributed by atoms with Gasteiger partial charge in [0.2, 0.25) is 0 Å². The molecule has 0 spiro atoms. The van der Waals surface area contributed by atoms with Gasteiger partial charge in [-0.3, -0.25) is 19.4 Å². The second kappa shape index (κ2) is 11.8. The van der Waals surface area contributed by atoms with E-state index in [1.807, 2.05) is 0 Å². The fourth-order valence-corrected chi connectivity index (χ4v) is 3.86. The molecule has 2 atom stereocenters. The molecule has 0 bridgehead atoms. The van der Waals surface area contributed by atoms with Gasteiger partial charge in [-0.15, -0.1) is 0 Å². The molecule has 32 heavy (non-hydrogen) atoms. The van der Waals surface area contributed by atoms with Crippen molar-refractivity contribution in [2.75, 3.05) is 39.3 Å². The molecule has 12 heteroatoms. The Morgan fingerprint density at radius 1 is 1.19 bits per heavy atom. The number of hydrogen-bond donors (Lipinski definition) is 2. The third kappa shape index (κ3) is 7.45. The van der Waals surface area contributed by atoms with Crippen molar-refractivity contribution < 1.29 is 42.5 Å². The molecule has 2 aliphatic heterocycles. The summed E-state index contributed by atoms with van der Waals surface area (Å²) in [6.45, 7) is 3.98. The number of amides is 1. The number of likely N-dealkylation sites (tertiary alicyclic amines) is 1. The standard InChI is InChI=1S/C18H22F3N3O2.2CH2O2/c19-18(20,21)16-7-13(3-4-22-16)17(25)24-10-14-9-23(8-12-1-2-12)5-6-26-15(14)11-24;2*2-1-3/h3-4,7,12,14-15H,1-2,5-6,8-11H2;2*1H,(H,2,3)/t14-,15+;;/m0../s1. The zero-order chi connectivity index (χ0) is 23.7. The normalized spacial score (nSPS) is 22.9. The smallest absolute Gasteiger partial charge is 0.433 e. The van der Waals surface area contributed by atoms with Crippen LogP contribution in [0.5, 0.6) is 0 Å². The summed E-state index contributed by atoms with van der Waals surface area (Å²) in [5.74, 6) is 0.621. The van der Waals surface area contributed by atoms with Gasteiger partial charge in [-0.25, -0.2) is 0 Å². The third-order valence-electron chi connectivity index (χ3n) is 5.41. The number of rotatable bonds is 3. The lowest BCUT2D eigenvalue weighted by Crippen LogP contribution is -2.35. The van der Waals surface area contributed by atoms with Crippen LogP contribution in [-0.4, -0.2) is 89.3 Å². The number of carboxylic acid groups (broad SMARTS) is 2. The number of ether oxygens (including phenoxy) is 1.